The molecule has 17 heavy (non-hydrogen) atoms. The number of rotatable bonds is 3. The quantitative estimate of drug-likeness (QED) is 0.878. The van der Waals surface area contributed by atoms with Gasteiger partial charge in [0.25, 0.3) is 0 Å². The van der Waals surface area contributed by atoms with E-state index in [9.17, 15) is 4.79 Å². The molecule has 0 bridgehead atoms. The molecule has 88 valence electrons. The van der Waals surface area contributed by atoms with Gasteiger partial charge < -0.3 is 5.11 Å². The van der Waals surface area contributed by atoms with Gasteiger partial charge in [-0.3, -0.25) is 4.79 Å². The molecule has 4 nitrogen and oxygen atoms in total. The van der Waals surface area contributed by atoms with E-state index in [0.717, 1.165) is 11.3 Å². The van der Waals surface area contributed by atoms with E-state index < -0.39 is 5.97 Å². The fourth-order valence-corrected chi connectivity index (χ4v) is 1.88. The molecule has 0 aliphatic heterocycles. The molecule has 0 aliphatic carbocycles. The Labute approximate surface area is 99.5 Å². The predicted octanol–water partition coefficient (Wildman–Crippen LogP) is 2.12. The van der Waals surface area contributed by atoms with Crippen LogP contribution in [0.2, 0.25) is 0 Å². The van der Waals surface area contributed by atoms with Crippen molar-refractivity contribution in [2.24, 2.45) is 0 Å². The van der Waals surface area contributed by atoms with E-state index >= 15 is 0 Å². The molecule has 0 atom stereocenters. The number of carboxylic acid groups (broad SMARTS) is 1. The number of benzene rings is 1. The number of hydrogen-bond acceptors (Lipinski definition) is 2. The van der Waals surface area contributed by atoms with Gasteiger partial charge in [-0.05, 0) is 31.5 Å². The highest BCUT2D eigenvalue weighted by Gasteiger charge is 2.10. The van der Waals surface area contributed by atoms with Crippen LogP contribution in [0.15, 0.2) is 30.5 Å². The van der Waals surface area contributed by atoms with Crippen LogP contribution in [0.25, 0.3) is 5.69 Å². The molecule has 2 aromatic rings. The molecule has 1 N–H and O–H groups in total. The molecule has 1 aromatic heterocycles. The molecule has 0 aliphatic rings. The molecule has 0 unspecified atom stereocenters. The van der Waals surface area contributed by atoms with Crippen LogP contribution < -0.4 is 0 Å². The van der Waals surface area contributed by atoms with Crippen molar-refractivity contribution >= 4 is 5.97 Å². The summed E-state index contributed by atoms with van der Waals surface area (Å²) >= 11 is 0. The molecule has 0 saturated heterocycles. The van der Waals surface area contributed by atoms with E-state index in [1.807, 2.05) is 26.0 Å². The number of carboxylic acids is 1. The first-order valence-corrected chi connectivity index (χ1v) is 5.40. The van der Waals surface area contributed by atoms with Gasteiger partial charge in [-0.1, -0.05) is 17.7 Å². The van der Waals surface area contributed by atoms with Gasteiger partial charge in [-0.15, -0.1) is 0 Å². The van der Waals surface area contributed by atoms with E-state index in [0.29, 0.717) is 5.69 Å². The fourth-order valence-electron chi connectivity index (χ4n) is 1.88. The maximum atomic E-state index is 10.7. The highest BCUT2D eigenvalue weighted by Crippen LogP contribution is 2.17. The summed E-state index contributed by atoms with van der Waals surface area (Å²) in [6.07, 6.45) is 1.60. The molecule has 0 spiro atoms. The first kappa shape index (κ1) is 11.4. The van der Waals surface area contributed by atoms with Crippen LogP contribution in [0.3, 0.4) is 0 Å². The number of carbonyl (C=O) groups is 1. The van der Waals surface area contributed by atoms with Crippen LogP contribution in [-0.4, -0.2) is 20.9 Å². The van der Waals surface area contributed by atoms with Crippen molar-refractivity contribution in [2.45, 2.75) is 20.3 Å². The van der Waals surface area contributed by atoms with Crippen molar-refractivity contribution in [3.8, 4) is 5.69 Å². The minimum atomic E-state index is -0.850. The van der Waals surface area contributed by atoms with Crippen molar-refractivity contribution in [1.82, 2.24) is 9.78 Å². The third-order valence-corrected chi connectivity index (χ3v) is 2.63. The van der Waals surface area contributed by atoms with Gasteiger partial charge in [0.05, 0.1) is 17.8 Å². The third kappa shape index (κ3) is 2.36. The molecule has 0 fully saturated rings. The number of hydrogen-bond donors (Lipinski definition) is 1. The lowest BCUT2D eigenvalue weighted by Gasteiger charge is -2.09. The molecule has 2 rings (SSSR count). The first-order chi connectivity index (χ1) is 8.08. The van der Waals surface area contributed by atoms with Crippen LogP contribution in [0.1, 0.15) is 16.8 Å². The Morgan fingerprint density at radius 2 is 2.12 bits per heavy atom. The zero-order valence-electron chi connectivity index (χ0n) is 9.84. The monoisotopic (exact) mass is 230 g/mol. The average Bonchev–Trinajstić information content (AvgIpc) is 2.65. The van der Waals surface area contributed by atoms with E-state index in [4.69, 9.17) is 5.11 Å². The molecule has 4 heteroatoms. The van der Waals surface area contributed by atoms with Gasteiger partial charge in [-0.2, -0.15) is 5.10 Å². The molecule has 0 amide bonds. The summed E-state index contributed by atoms with van der Waals surface area (Å²) in [5.41, 5.74) is 3.87. The second-order valence-electron chi connectivity index (χ2n) is 4.09. The van der Waals surface area contributed by atoms with Crippen LogP contribution >= 0.6 is 0 Å². The molecule has 0 saturated carbocycles. The average molecular weight is 230 g/mol. The smallest absolute Gasteiger partial charge is 0.309 e. The first-order valence-electron chi connectivity index (χ1n) is 5.40. The number of aliphatic carboxylic acids is 1. The Bertz CT molecular complexity index is 558. The lowest BCUT2D eigenvalue weighted by molar-refractivity contribution is -0.136. The van der Waals surface area contributed by atoms with E-state index in [2.05, 4.69) is 11.2 Å². The van der Waals surface area contributed by atoms with E-state index in [1.165, 1.54) is 5.56 Å². The van der Waals surface area contributed by atoms with Gasteiger partial charge in [0.2, 0.25) is 0 Å². The van der Waals surface area contributed by atoms with Crippen LogP contribution in [-0.2, 0) is 11.2 Å². The van der Waals surface area contributed by atoms with Crippen molar-refractivity contribution in [1.29, 1.82) is 0 Å². The lowest BCUT2D eigenvalue weighted by atomic mass is 10.1. The topological polar surface area (TPSA) is 55.1 Å². The predicted molar refractivity (Wildman–Crippen MR) is 64.4 cm³/mol. The summed E-state index contributed by atoms with van der Waals surface area (Å²) in [6, 6.07) is 7.74. The summed E-state index contributed by atoms with van der Waals surface area (Å²) in [6.45, 7) is 4.02. The summed E-state index contributed by atoms with van der Waals surface area (Å²) in [5.74, 6) is -0.850. The second kappa shape index (κ2) is 4.41. The zero-order chi connectivity index (χ0) is 12.4. The Morgan fingerprint density at radius 3 is 2.76 bits per heavy atom. The summed E-state index contributed by atoms with van der Waals surface area (Å²) in [7, 11) is 0. The Balaban J connectivity index is 2.46. The summed E-state index contributed by atoms with van der Waals surface area (Å²) in [4.78, 5) is 10.7. The third-order valence-electron chi connectivity index (χ3n) is 2.63. The zero-order valence-corrected chi connectivity index (χ0v) is 9.84. The number of aryl methyl sites for hydroxylation is 2. The molecule has 0 radical (unpaired) electrons. The highest BCUT2D eigenvalue weighted by molar-refractivity contribution is 5.69. The van der Waals surface area contributed by atoms with Gasteiger partial charge in [0, 0.05) is 6.20 Å². The van der Waals surface area contributed by atoms with E-state index in [-0.39, 0.29) is 6.42 Å². The molecular weight excluding hydrogens is 216 g/mol. The fraction of sp³-hybridized carbons (Fsp3) is 0.231. The SMILES string of the molecule is Cc1ccc(-n2nccc2CC(=O)O)c(C)c1. The summed E-state index contributed by atoms with van der Waals surface area (Å²) in [5, 5.41) is 13.0. The van der Waals surface area contributed by atoms with Crippen molar-refractivity contribution < 1.29 is 9.90 Å². The van der Waals surface area contributed by atoms with Gasteiger partial charge in [-0.25, -0.2) is 4.68 Å². The Kier molecular flexibility index (Phi) is 2.95. The lowest BCUT2D eigenvalue weighted by Crippen LogP contribution is -2.09. The molecule has 1 aromatic carbocycles. The van der Waals surface area contributed by atoms with Gasteiger partial charge >= 0.3 is 5.97 Å². The minimum absolute atomic E-state index is 0.0205. The van der Waals surface area contributed by atoms with Crippen molar-refractivity contribution in [3.63, 3.8) is 0 Å². The Morgan fingerprint density at radius 1 is 1.35 bits per heavy atom. The standard InChI is InChI=1S/C13H14N2O2/c1-9-3-4-12(10(2)7-9)15-11(5-6-14-15)8-13(16)17/h3-7H,8H2,1-2H3,(H,16,17). The second-order valence-corrected chi connectivity index (χ2v) is 4.09. The highest BCUT2D eigenvalue weighted by atomic mass is 16.4. The van der Waals surface area contributed by atoms with Gasteiger partial charge in [0.15, 0.2) is 0 Å². The minimum Gasteiger partial charge on any atom is -0.481 e. The summed E-state index contributed by atoms with van der Waals surface area (Å²) < 4.78 is 1.68. The largest absolute Gasteiger partial charge is 0.481 e. The van der Waals surface area contributed by atoms with Crippen molar-refractivity contribution in [2.75, 3.05) is 0 Å². The maximum absolute atomic E-state index is 10.7. The number of nitrogens with zero attached hydrogens (tertiary/aromatic N) is 2. The molecular formula is C13H14N2O2. The van der Waals surface area contributed by atoms with Crippen LogP contribution in [0.5, 0.6) is 0 Å². The Hall–Kier alpha value is -2.10. The van der Waals surface area contributed by atoms with Crippen molar-refractivity contribution in [3.05, 3.63) is 47.3 Å². The van der Waals surface area contributed by atoms with Crippen LogP contribution in [0.4, 0.5) is 0 Å². The maximum Gasteiger partial charge on any atom is 0.309 e. The number of aromatic nitrogens is 2. The van der Waals surface area contributed by atoms with Crippen LogP contribution in [0, 0.1) is 13.8 Å². The molecule has 1 heterocycles. The van der Waals surface area contributed by atoms with Gasteiger partial charge in [0.1, 0.15) is 0 Å². The normalized spacial score (nSPS) is 10.5. The van der Waals surface area contributed by atoms with E-state index in [1.54, 1.807) is 16.9 Å².